The molecule has 0 radical (unpaired) electrons. The van der Waals surface area contributed by atoms with E-state index >= 15 is 0 Å². The lowest BCUT2D eigenvalue weighted by Gasteiger charge is -2.11. The predicted molar refractivity (Wildman–Crippen MR) is 79.9 cm³/mol. The van der Waals surface area contributed by atoms with Crippen LogP contribution in [0.15, 0.2) is 18.2 Å². The normalized spacial score (nSPS) is 9.55. The molecule has 1 rings (SSSR count). The first-order chi connectivity index (χ1) is 10.6. The SMILES string of the molecule is COc1ccc(OC)c(NC(=O)C(=O)NCCCNC=O)c1. The highest BCUT2D eigenvalue weighted by atomic mass is 16.5. The van der Waals surface area contributed by atoms with Crippen molar-refractivity contribution in [2.45, 2.75) is 6.42 Å². The fraction of sp³-hybridized carbons (Fsp3) is 0.357. The van der Waals surface area contributed by atoms with Crippen LogP contribution >= 0.6 is 0 Å². The molecule has 1 aromatic carbocycles. The minimum atomic E-state index is -0.810. The van der Waals surface area contributed by atoms with Gasteiger partial charge in [-0.05, 0) is 18.6 Å². The summed E-state index contributed by atoms with van der Waals surface area (Å²) in [6.07, 6.45) is 1.10. The maximum absolute atomic E-state index is 11.8. The summed E-state index contributed by atoms with van der Waals surface area (Å²) in [6.45, 7) is 0.706. The lowest BCUT2D eigenvalue weighted by atomic mass is 10.2. The molecule has 1 aromatic rings. The number of hydrogen-bond acceptors (Lipinski definition) is 5. The quantitative estimate of drug-likeness (QED) is 0.353. The van der Waals surface area contributed by atoms with Crippen molar-refractivity contribution in [3.63, 3.8) is 0 Å². The largest absolute Gasteiger partial charge is 0.497 e. The smallest absolute Gasteiger partial charge is 0.313 e. The molecular weight excluding hydrogens is 290 g/mol. The van der Waals surface area contributed by atoms with Crippen molar-refractivity contribution < 1.29 is 23.9 Å². The Morgan fingerprint density at radius 1 is 1.14 bits per heavy atom. The Hall–Kier alpha value is -2.77. The van der Waals surface area contributed by atoms with Gasteiger partial charge in [0.2, 0.25) is 6.41 Å². The number of anilines is 1. The number of benzene rings is 1. The Bertz CT molecular complexity index is 533. The van der Waals surface area contributed by atoms with Gasteiger partial charge in [0.15, 0.2) is 0 Å². The van der Waals surface area contributed by atoms with Crippen LogP contribution in [0, 0.1) is 0 Å². The molecule has 22 heavy (non-hydrogen) atoms. The number of amides is 3. The molecule has 8 nitrogen and oxygen atoms in total. The molecule has 0 aromatic heterocycles. The van der Waals surface area contributed by atoms with Crippen molar-refractivity contribution in [3.05, 3.63) is 18.2 Å². The summed E-state index contributed by atoms with van der Waals surface area (Å²) in [6, 6.07) is 4.85. The van der Waals surface area contributed by atoms with E-state index in [1.165, 1.54) is 14.2 Å². The fourth-order valence-corrected chi connectivity index (χ4v) is 1.62. The number of hydrogen-bond donors (Lipinski definition) is 3. The van der Waals surface area contributed by atoms with Gasteiger partial charge in [-0.1, -0.05) is 0 Å². The summed E-state index contributed by atoms with van der Waals surface area (Å²) in [5.74, 6) is -0.639. The Morgan fingerprint density at radius 3 is 2.55 bits per heavy atom. The Balaban J connectivity index is 2.56. The third-order valence-electron chi connectivity index (χ3n) is 2.73. The molecule has 3 N–H and O–H groups in total. The van der Waals surface area contributed by atoms with Crippen LogP contribution < -0.4 is 25.4 Å². The van der Waals surface area contributed by atoms with E-state index in [-0.39, 0.29) is 6.54 Å². The average Bonchev–Trinajstić information content (AvgIpc) is 2.54. The van der Waals surface area contributed by atoms with Crippen molar-refractivity contribution in [3.8, 4) is 11.5 Å². The number of ether oxygens (including phenoxy) is 2. The van der Waals surface area contributed by atoms with E-state index in [1.807, 2.05) is 0 Å². The van der Waals surface area contributed by atoms with E-state index in [1.54, 1.807) is 18.2 Å². The molecule has 8 heteroatoms. The zero-order chi connectivity index (χ0) is 16.4. The van der Waals surface area contributed by atoms with Gasteiger partial charge in [0, 0.05) is 19.2 Å². The zero-order valence-corrected chi connectivity index (χ0v) is 12.5. The van der Waals surface area contributed by atoms with Crippen LogP contribution in [0.1, 0.15) is 6.42 Å². The maximum atomic E-state index is 11.8. The molecule has 0 atom stereocenters. The van der Waals surface area contributed by atoms with Gasteiger partial charge in [-0.25, -0.2) is 0 Å². The molecule has 0 bridgehead atoms. The summed E-state index contributed by atoms with van der Waals surface area (Å²) < 4.78 is 10.2. The summed E-state index contributed by atoms with van der Waals surface area (Å²) in [5, 5.41) is 7.36. The van der Waals surface area contributed by atoms with Gasteiger partial charge >= 0.3 is 11.8 Å². The lowest BCUT2D eigenvalue weighted by Crippen LogP contribution is -2.36. The standard InChI is InChI=1S/C14H19N3O5/c1-21-10-4-5-12(22-2)11(8-10)17-14(20)13(19)16-7-3-6-15-9-18/h4-5,8-9H,3,6-7H2,1-2H3,(H,15,18)(H,16,19)(H,17,20). The minimum Gasteiger partial charge on any atom is -0.497 e. The van der Waals surface area contributed by atoms with Gasteiger partial charge in [-0.2, -0.15) is 0 Å². The van der Waals surface area contributed by atoms with E-state index in [2.05, 4.69) is 16.0 Å². The van der Waals surface area contributed by atoms with Gasteiger partial charge in [-0.3, -0.25) is 14.4 Å². The molecule has 0 saturated heterocycles. The number of rotatable bonds is 8. The monoisotopic (exact) mass is 309 g/mol. The zero-order valence-electron chi connectivity index (χ0n) is 12.5. The van der Waals surface area contributed by atoms with Crippen LogP contribution in [-0.4, -0.2) is 45.5 Å². The molecule has 3 amide bonds. The van der Waals surface area contributed by atoms with Gasteiger partial charge in [-0.15, -0.1) is 0 Å². The van der Waals surface area contributed by atoms with E-state index < -0.39 is 11.8 Å². The second-order valence-electron chi connectivity index (χ2n) is 4.20. The molecular formula is C14H19N3O5. The number of carbonyl (C=O) groups excluding carboxylic acids is 3. The molecule has 120 valence electrons. The molecule has 0 spiro atoms. The highest BCUT2D eigenvalue weighted by Crippen LogP contribution is 2.28. The van der Waals surface area contributed by atoms with Gasteiger partial charge in [0.05, 0.1) is 19.9 Å². The molecule has 0 fully saturated rings. The van der Waals surface area contributed by atoms with Crippen LogP contribution in [0.2, 0.25) is 0 Å². The first kappa shape index (κ1) is 17.3. The molecule has 0 saturated carbocycles. The average molecular weight is 309 g/mol. The molecule has 0 aliphatic carbocycles. The first-order valence-corrected chi connectivity index (χ1v) is 6.60. The fourth-order valence-electron chi connectivity index (χ4n) is 1.62. The van der Waals surface area contributed by atoms with Crippen LogP contribution in [0.25, 0.3) is 0 Å². The molecule has 0 heterocycles. The highest BCUT2D eigenvalue weighted by Gasteiger charge is 2.15. The molecule has 0 unspecified atom stereocenters. The summed E-state index contributed by atoms with van der Waals surface area (Å²) in [7, 11) is 2.95. The molecule has 0 aliphatic heterocycles. The van der Waals surface area contributed by atoms with E-state index in [0.29, 0.717) is 36.6 Å². The highest BCUT2D eigenvalue weighted by molar-refractivity contribution is 6.39. The van der Waals surface area contributed by atoms with Gasteiger partial charge in [0.1, 0.15) is 11.5 Å². The summed E-state index contributed by atoms with van der Waals surface area (Å²) >= 11 is 0. The van der Waals surface area contributed by atoms with Crippen molar-refractivity contribution in [2.75, 3.05) is 32.6 Å². The van der Waals surface area contributed by atoms with Crippen molar-refractivity contribution in [2.24, 2.45) is 0 Å². The first-order valence-electron chi connectivity index (χ1n) is 6.60. The Morgan fingerprint density at radius 2 is 1.91 bits per heavy atom. The lowest BCUT2D eigenvalue weighted by molar-refractivity contribution is -0.136. The van der Waals surface area contributed by atoms with Crippen LogP contribution in [0.3, 0.4) is 0 Å². The third kappa shape index (κ3) is 5.31. The number of methoxy groups -OCH3 is 2. The molecule has 0 aliphatic rings. The van der Waals surface area contributed by atoms with Crippen molar-refractivity contribution >= 4 is 23.9 Å². The number of nitrogens with one attached hydrogen (secondary N) is 3. The number of carbonyl (C=O) groups is 3. The van der Waals surface area contributed by atoms with Gasteiger partial charge in [0.25, 0.3) is 0 Å². The van der Waals surface area contributed by atoms with Gasteiger partial charge < -0.3 is 25.4 Å². The summed E-state index contributed by atoms with van der Waals surface area (Å²) in [5.41, 5.74) is 0.338. The van der Waals surface area contributed by atoms with E-state index in [0.717, 1.165) is 0 Å². The predicted octanol–water partition coefficient (Wildman–Crippen LogP) is -0.105. The second-order valence-corrected chi connectivity index (χ2v) is 4.20. The van der Waals surface area contributed by atoms with Crippen LogP contribution in [-0.2, 0) is 14.4 Å². The Labute approximate surface area is 128 Å². The van der Waals surface area contributed by atoms with E-state index in [4.69, 9.17) is 9.47 Å². The van der Waals surface area contributed by atoms with Crippen LogP contribution in [0.4, 0.5) is 5.69 Å². The van der Waals surface area contributed by atoms with Crippen molar-refractivity contribution in [1.29, 1.82) is 0 Å². The van der Waals surface area contributed by atoms with E-state index in [9.17, 15) is 14.4 Å². The second kappa shape index (κ2) is 9.22. The topological polar surface area (TPSA) is 106 Å². The third-order valence-corrected chi connectivity index (χ3v) is 2.73. The van der Waals surface area contributed by atoms with Crippen LogP contribution in [0.5, 0.6) is 11.5 Å². The van der Waals surface area contributed by atoms with Crippen molar-refractivity contribution in [1.82, 2.24) is 10.6 Å². The maximum Gasteiger partial charge on any atom is 0.313 e. The summed E-state index contributed by atoms with van der Waals surface area (Å²) in [4.78, 5) is 33.5. The Kier molecular flexibility index (Phi) is 7.24. The minimum absolute atomic E-state index is 0.280.